The molecule has 1 heterocycles. The molecule has 106 valence electrons. The SMILES string of the molecule is CCCc1nc(N)cc(NC(C)c2ccccc2Cl)n1. The maximum absolute atomic E-state index is 6.20. The van der Waals surface area contributed by atoms with Crippen molar-refractivity contribution in [3.63, 3.8) is 0 Å². The van der Waals surface area contributed by atoms with Gasteiger partial charge in [-0.2, -0.15) is 0 Å². The highest BCUT2D eigenvalue weighted by Gasteiger charge is 2.10. The van der Waals surface area contributed by atoms with Gasteiger partial charge in [-0.3, -0.25) is 0 Å². The molecule has 1 aromatic heterocycles. The lowest BCUT2D eigenvalue weighted by molar-refractivity contribution is 0.821. The van der Waals surface area contributed by atoms with E-state index in [1.165, 1.54) is 0 Å². The van der Waals surface area contributed by atoms with Crippen LogP contribution < -0.4 is 11.1 Å². The summed E-state index contributed by atoms with van der Waals surface area (Å²) in [5.41, 5.74) is 6.85. The molecule has 3 N–H and O–H groups in total. The molecule has 0 spiro atoms. The summed E-state index contributed by atoms with van der Waals surface area (Å²) >= 11 is 6.20. The fraction of sp³-hybridized carbons (Fsp3) is 0.333. The van der Waals surface area contributed by atoms with Crippen molar-refractivity contribution in [2.75, 3.05) is 11.1 Å². The molecule has 1 unspecified atom stereocenters. The predicted molar refractivity (Wildman–Crippen MR) is 83.9 cm³/mol. The molecule has 0 bridgehead atoms. The van der Waals surface area contributed by atoms with Crippen molar-refractivity contribution in [1.29, 1.82) is 0 Å². The molecule has 0 fully saturated rings. The number of aromatic nitrogens is 2. The molecule has 0 aliphatic carbocycles. The molecule has 0 saturated carbocycles. The van der Waals surface area contributed by atoms with Gasteiger partial charge in [0.1, 0.15) is 17.5 Å². The Morgan fingerprint density at radius 3 is 2.75 bits per heavy atom. The molecule has 1 aromatic carbocycles. The van der Waals surface area contributed by atoms with E-state index in [1.54, 1.807) is 6.07 Å². The highest BCUT2D eigenvalue weighted by Crippen LogP contribution is 2.25. The first-order valence-corrected chi connectivity index (χ1v) is 7.12. The van der Waals surface area contributed by atoms with E-state index in [4.69, 9.17) is 17.3 Å². The van der Waals surface area contributed by atoms with Gasteiger partial charge in [0, 0.05) is 17.5 Å². The van der Waals surface area contributed by atoms with Crippen LogP contribution in [0.25, 0.3) is 0 Å². The van der Waals surface area contributed by atoms with Gasteiger partial charge in [0.05, 0.1) is 6.04 Å². The van der Waals surface area contributed by atoms with Gasteiger partial charge in [0.15, 0.2) is 0 Å². The first-order chi connectivity index (χ1) is 9.60. The van der Waals surface area contributed by atoms with Crippen molar-refractivity contribution >= 4 is 23.2 Å². The van der Waals surface area contributed by atoms with Gasteiger partial charge in [-0.1, -0.05) is 36.7 Å². The van der Waals surface area contributed by atoms with Crippen molar-refractivity contribution < 1.29 is 0 Å². The molecule has 4 nitrogen and oxygen atoms in total. The van der Waals surface area contributed by atoms with E-state index in [2.05, 4.69) is 22.2 Å². The minimum absolute atomic E-state index is 0.0486. The zero-order valence-corrected chi connectivity index (χ0v) is 12.5. The van der Waals surface area contributed by atoms with Crippen LogP contribution in [0.1, 0.15) is 37.7 Å². The number of anilines is 2. The number of hydrogen-bond donors (Lipinski definition) is 2. The van der Waals surface area contributed by atoms with Crippen molar-refractivity contribution in [3.8, 4) is 0 Å². The highest BCUT2D eigenvalue weighted by molar-refractivity contribution is 6.31. The Bertz CT molecular complexity index is 586. The van der Waals surface area contributed by atoms with Gasteiger partial charge in [0.25, 0.3) is 0 Å². The van der Waals surface area contributed by atoms with Crippen LogP contribution in [0, 0.1) is 0 Å². The highest BCUT2D eigenvalue weighted by atomic mass is 35.5. The second kappa shape index (κ2) is 6.57. The standard InChI is InChI=1S/C15H19ClN4/c1-3-6-14-19-13(17)9-15(20-14)18-10(2)11-7-4-5-8-12(11)16/h4-5,7-10H,3,6H2,1-2H3,(H3,17,18,19,20). The number of nitrogen functional groups attached to an aromatic ring is 1. The third-order valence-corrected chi connectivity index (χ3v) is 3.35. The Hall–Kier alpha value is -1.81. The molecule has 20 heavy (non-hydrogen) atoms. The second-order valence-electron chi connectivity index (χ2n) is 4.73. The summed E-state index contributed by atoms with van der Waals surface area (Å²) in [4.78, 5) is 8.69. The molecule has 0 amide bonds. The number of aryl methyl sites for hydroxylation is 1. The molecule has 2 rings (SSSR count). The summed E-state index contributed by atoms with van der Waals surface area (Å²) < 4.78 is 0. The smallest absolute Gasteiger partial charge is 0.133 e. The van der Waals surface area contributed by atoms with Crippen LogP contribution in [0.4, 0.5) is 11.6 Å². The number of halogens is 1. The van der Waals surface area contributed by atoms with Crippen LogP contribution in [0.2, 0.25) is 5.02 Å². The van der Waals surface area contributed by atoms with Crippen molar-refractivity contribution in [2.24, 2.45) is 0 Å². The van der Waals surface area contributed by atoms with E-state index in [0.29, 0.717) is 5.82 Å². The first kappa shape index (κ1) is 14.6. The zero-order valence-electron chi connectivity index (χ0n) is 11.7. The normalized spacial score (nSPS) is 12.2. The predicted octanol–water partition coefficient (Wildman–Crippen LogP) is 3.84. The van der Waals surface area contributed by atoms with E-state index in [1.807, 2.05) is 31.2 Å². The largest absolute Gasteiger partial charge is 0.384 e. The molecule has 0 aliphatic rings. The molecule has 0 radical (unpaired) electrons. The first-order valence-electron chi connectivity index (χ1n) is 6.74. The Morgan fingerprint density at radius 2 is 2.05 bits per heavy atom. The number of nitrogens with zero attached hydrogens (tertiary/aromatic N) is 2. The van der Waals surface area contributed by atoms with Crippen molar-refractivity contribution in [3.05, 3.63) is 46.7 Å². The number of benzene rings is 1. The quantitative estimate of drug-likeness (QED) is 0.878. The minimum atomic E-state index is 0.0486. The Labute approximate surface area is 124 Å². The van der Waals surface area contributed by atoms with Crippen LogP contribution in [0.15, 0.2) is 30.3 Å². The van der Waals surface area contributed by atoms with Gasteiger partial charge in [-0.25, -0.2) is 9.97 Å². The Morgan fingerprint density at radius 1 is 1.30 bits per heavy atom. The maximum atomic E-state index is 6.20. The Balaban J connectivity index is 2.19. The minimum Gasteiger partial charge on any atom is -0.384 e. The third-order valence-electron chi connectivity index (χ3n) is 3.00. The number of nitrogens with two attached hydrogens (primary N) is 1. The summed E-state index contributed by atoms with van der Waals surface area (Å²) in [6.07, 6.45) is 1.81. The summed E-state index contributed by atoms with van der Waals surface area (Å²) in [5.74, 6) is 1.98. The van der Waals surface area contributed by atoms with Gasteiger partial charge >= 0.3 is 0 Å². The molecular formula is C15H19ClN4. The maximum Gasteiger partial charge on any atom is 0.133 e. The topological polar surface area (TPSA) is 63.8 Å². The number of rotatable bonds is 5. The molecular weight excluding hydrogens is 272 g/mol. The van der Waals surface area contributed by atoms with E-state index >= 15 is 0 Å². The zero-order chi connectivity index (χ0) is 14.5. The number of hydrogen-bond acceptors (Lipinski definition) is 4. The lowest BCUT2D eigenvalue weighted by atomic mass is 10.1. The molecule has 2 aromatic rings. The average Bonchev–Trinajstić information content (AvgIpc) is 2.38. The van der Waals surface area contributed by atoms with E-state index in [-0.39, 0.29) is 6.04 Å². The fourth-order valence-electron chi connectivity index (χ4n) is 2.05. The van der Waals surface area contributed by atoms with Crippen LogP contribution in [-0.2, 0) is 6.42 Å². The van der Waals surface area contributed by atoms with Gasteiger partial charge in [-0.05, 0) is 25.0 Å². The molecule has 0 saturated heterocycles. The van der Waals surface area contributed by atoms with Gasteiger partial charge in [-0.15, -0.1) is 0 Å². The summed E-state index contributed by atoms with van der Waals surface area (Å²) in [7, 11) is 0. The second-order valence-corrected chi connectivity index (χ2v) is 5.14. The van der Waals surface area contributed by atoms with Gasteiger partial charge < -0.3 is 11.1 Å². The van der Waals surface area contributed by atoms with Crippen LogP contribution in [0.3, 0.4) is 0 Å². The monoisotopic (exact) mass is 290 g/mol. The van der Waals surface area contributed by atoms with Crippen LogP contribution in [-0.4, -0.2) is 9.97 Å². The van der Waals surface area contributed by atoms with Crippen LogP contribution >= 0.6 is 11.6 Å². The fourth-order valence-corrected chi connectivity index (χ4v) is 2.35. The summed E-state index contributed by atoms with van der Waals surface area (Å²) in [6.45, 7) is 4.13. The lowest BCUT2D eigenvalue weighted by Gasteiger charge is -2.17. The molecule has 5 heteroatoms. The van der Waals surface area contributed by atoms with E-state index < -0.39 is 0 Å². The number of nitrogens with one attached hydrogen (secondary N) is 1. The average molecular weight is 291 g/mol. The molecule has 0 aliphatic heterocycles. The van der Waals surface area contributed by atoms with Crippen molar-refractivity contribution in [1.82, 2.24) is 9.97 Å². The summed E-state index contributed by atoms with van der Waals surface area (Å²) in [6, 6.07) is 9.56. The summed E-state index contributed by atoms with van der Waals surface area (Å²) in [5, 5.41) is 4.06. The third kappa shape index (κ3) is 3.61. The van der Waals surface area contributed by atoms with Crippen LogP contribution in [0.5, 0.6) is 0 Å². The lowest BCUT2D eigenvalue weighted by Crippen LogP contribution is -2.11. The van der Waals surface area contributed by atoms with E-state index in [9.17, 15) is 0 Å². The van der Waals surface area contributed by atoms with Crippen molar-refractivity contribution in [2.45, 2.75) is 32.7 Å². The van der Waals surface area contributed by atoms with Gasteiger partial charge in [0.2, 0.25) is 0 Å². The van der Waals surface area contributed by atoms with E-state index in [0.717, 1.165) is 35.1 Å². The Kier molecular flexibility index (Phi) is 4.79. The molecule has 1 atom stereocenters.